The number of amides is 1. The number of halogens is 1. The Morgan fingerprint density at radius 1 is 0.783 bits per heavy atom. The molecule has 0 aromatic heterocycles. The minimum absolute atomic E-state index is 0.0413. The van der Waals surface area contributed by atoms with Gasteiger partial charge in [-0.05, 0) is 81.2 Å². The second-order valence-corrected chi connectivity index (χ2v) is 19.6. The van der Waals surface area contributed by atoms with E-state index in [1.165, 1.54) is 34.3 Å². The third-order valence-corrected chi connectivity index (χ3v) is 14.7. The molecule has 0 fully saturated rings. The molecule has 0 unspecified atom stereocenters. The Kier molecular flexibility index (Phi) is 13.6. The Bertz CT molecular complexity index is 2490. The van der Waals surface area contributed by atoms with Crippen LogP contribution in [0.3, 0.4) is 0 Å². The summed E-state index contributed by atoms with van der Waals surface area (Å²) in [5.41, 5.74) is 7.34. The number of carbonyl (C=O) groups excluding carboxylic acids is 1. The van der Waals surface area contributed by atoms with Crippen molar-refractivity contribution in [2.45, 2.75) is 74.0 Å². The number of carbonyl (C=O) groups is 1. The lowest BCUT2D eigenvalue weighted by molar-refractivity contribution is -0.118. The van der Waals surface area contributed by atoms with Crippen molar-refractivity contribution in [1.29, 1.82) is 0 Å². The Balaban J connectivity index is 1.01. The van der Waals surface area contributed by atoms with E-state index < -0.39 is 25.0 Å². The Hall–Kier alpha value is -3.42. The molecule has 14 nitrogen and oxygen atoms in total. The van der Waals surface area contributed by atoms with Gasteiger partial charge in [-0.3, -0.25) is 4.79 Å². The molecule has 0 bridgehead atoms. The molecule has 324 valence electrons. The molecule has 5 aliphatic rings. The van der Waals surface area contributed by atoms with E-state index >= 15 is 0 Å². The molecule has 60 heavy (non-hydrogen) atoms. The molecular formula is C43H53BrN4O10S2. The lowest BCUT2D eigenvalue weighted by Crippen LogP contribution is -2.45. The lowest BCUT2D eigenvalue weighted by atomic mass is 9.82. The van der Waals surface area contributed by atoms with Gasteiger partial charge in [0, 0.05) is 91.0 Å². The van der Waals surface area contributed by atoms with Crippen LogP contribution < -0.4 is 34.8 Å². The number of sulfonamides is 1. The van der Waals surface area contributed by atoms with Gasteiger partial charge in [0.05, 0.1) is 47.1 Å². The maximum atomic E-state index is 13.6. The topological polar surface area (TPSA) is 176 Å². The fourth-order valence-corrected chi connectivity index (χ4v) is 11.4. The summed E-state index contributed by atoms with van der Waals surface area (Å²) in [6, 6.07) is 8.13. The molecule has 0 aliphatic carbocycles. The predicted octanol–water partition coefficient (Wildman–Crippen LogP) is 2.65. The van der Waals surface area contributed by atoms with Crippen molar-refractivity contribution in [2.75, 3.05) is 89.1 Å². The Labute approximate surface area is 360 Å². The predicted molar refractivity (Wildman–Crippen MR) is 228 cm³/mol. The summed E-state index contributed by atoms with van der Waals surface area (Å²) in [6.07, 6.45) is 8.42. The van der Waals surface area contributed by atoms with Gasteiger partial charge in [-0.2, -0.15) is 0 Å². The van der Waals surface area contributed by atoms with Gasteiger partial charge in [0.25, 0.3) is 0 Å². The molecule has 3 aromatic carbocycles. The van der Waals surface area contributed by atoms with Gasteiger partial charge in [0.2, 0.25) is 21.3 Å². The quantitative estimate of drug-likeness (QED) is 0.0613. The average Bonchev–Trinajstić information content (AvgIpc) is 3.24. The number of benzene rings is 3. The van der Waals surface area contributed by atoms with E-state index in [9.17, 15) is 26.2 Å². The molecule has 0 atom stereocenters. The van der Waals surface area contributed by atoms with Crippen molar-refractivity contribution in [3.63, 3.8) is 0 Å². The minimum Gasteiger partial charge on any atom is -0.744 e. The Morgan fingerprint density at radius 2 is 1.45 bits per heavy atom. The second kappa shape index (κ2) is 18.9. The van der Waals surface area contributed by atoms with Crippen LogP contribution in [0.25, 0.3) is 5.57 Å². The molecule has 5 aliphatic heterocycles. The van der Waals surface area contributed by atoms with Gasteiger partial charge < -0.3 is 33.7 Å². The van der Waals surface area contributed by atoms with Crippen LogP contribution >= 0.6 is 15.9 Å². The first kappa shape index (κ1) is 43.2. The molecule has 5 heterocycles. The summed E-state index contributed by atoms with van der Waals surface area (Å²) in [5.74, 6) is 1.36. The second-order valence-electron chi connectivity index (χ2n) is 15.9. The van der Waals surface area contributed by atoms with E-state index in [0.29, 0.717) is 69.5 Å². The van der Waals surface area contributed by atoms with Crippen LogP contribution in [0.1, 0.15) is 71.9 Å². The zero-order chi connectivity index (χ0) is 41.9. The highest BCUT2D eigenvalue weighted by Crippen LogP contribution is 2.49. The first-order valence-corrected chi connectivity index (χ1v) is 25.2. The molecule has 0 radical (unpaired) electrons. The monoisotopic (exact) mass is 928 g/mol. The number of nitrogens with zero attached hydrogens (tertiary/aromatic N) is 2. The highest BCUT2D eigenvalue weighted by atomic mass is 79.9. The average molecular weight is 930 g/mol. The maximum absolute atomic E-state index is 13.6. The summed E-state index contributed by atoms with van der Waals surface area (Å²) in [5, 5.41) is 4.99. The van der Waals surface area contributed by atoms with Crippen molar-refractivity contribution >= 4 is 53.2 Å². The normalized spacial score (nSPS) is 16.7. The fourth-order valence-electron chi connectivity index (χ4n) is 9.34. The van der Waals surface area contributed by atoms with E-state index in [4.69, 9.17) is 18.9 Å². The summed E-state index contributed by atoms with van der Waals surface area (Å²) in [7, 11) is -9.35. The van der Waals surface area contributed by atoms with Crippen LogP contribution in [0.15, 0.2) is 40.1 Å². The summed E-state index contributed by atoms with van der Waals surface area (Å²) < 4.78 is 95.6. The van der Waals surface area contributed by atoms with Crippen molar-refractivity contribution < 1.29 is 45.1 Å². The summed E-state index contributed by atoms with van der Waals surface area (Å²) in [6.45, 7) is 6.76. The van der Waals surface area contributed by atoms with Crippen LogP contribution in [0.4, 0.5) is 5.69 Å². The number of rotatable bonds is 19. The maximum Gasteiger partial charge on any atom is 0.240 e. The van der Waals surface area contributed by atoms with Gasteiger partial charge in [0.15, 0.2) is 0 Å². The number of alkyl halides is 1. The lowest BCUT2D eigenvalue weighted by Gasteiger charge is -2.39. The van der Waals surface area contributed by atoms with Gasteiger partial charge in [-0.15, -0.1) is 0 Å². The summed E-state index contributed by atoms with van der Waals surface area (Å²) >= 11 is 3.10. The highest BCUT2D eigenvalue weighted by Gasteiger charge is 2.36. The van der Waals surface area contributed by atoms with Gasteiger partial charge in [0.1, 0.15) is 34.7 Å². The van der Waals surface area contributed by atoms with Crippen LogP contribution in [-0.4, -0.2) is 112 Å². The fraction of sp³-hybridized carbons (Fsp3) is 0.535. The molecule has 0 saturated heterocycles. The molecule has 0 saturated carbocycles. The first-order chi connectivity index (χ1) is 29.0. The zero-order valence-corrected chi connectivity index (χ0v) is 37.0. The molecule has 1 amide bonds. The van der Waals surface area contributed by atoms with E-state index in [1.54, 1.807) is 0 Å². The number of fused-ring (bicyclic) bond motifs is 4. The number of anilines is 1. The van der Waals surface area contributed by atoms with E-state index in [2.05, 4.69) is 47.6 Å². The zero-order valence-electron chi connectivity index (χ0n) is 33.8. The SMILES string of the molecule is O=C(CBr)NCCCOCCOCCOCCCNS(=O)(=O)c1ccc(C2=c3cc4c5c(c3Oc3c2cc2c6c3CCCN6CCC2)CCC[N+]=5CCC4)c(S(=O)(=O)[O-])c1. The highest BCUT2D eigenvalue weighted by molar-refractivity contribution is 9.09. The third-order valence-electron chi connectivity index (χ3n) is 11.9. The molecule has 17 heteroatoms. The third kappa shape index (κ3) is 9.19. The number of hydrogen-bond donors (Lipinski definition) is 2. The van der Waals surface area contributed by atoms with Crippen molar-refractivity contribution in [2.24, 2.45) is 0 Å². The van der Waals surface area contributed by atoms with E-state index in [0.717, 1.165) is 106 Å². The van der Waals surface area contributed by atoms with Gasteiger partial charge in [-0.1, -0.05) is 22.0 Å². The van der Waals surface area contributed by atoms with Crippen LogP contribution in [0, 0.1) is 0 Å². The first-order valence-electron chi connectivity index (χ1n) is 21.1. The molecular weight excluding hydrogens is 877 g/mol. The molecule has 2 N–H and O–H groups in total. The largest absolute Gasteiger partial charge is 0.744 e. The minimum atomic E-state index is -5.16. The van der Waals surface area contributed by atoms with Gasteiger partial charge >= 0.3 is 0 Å². The van der Waals surface area contributed by atoms with Crippen molar-refractivity contribution in [1.82, 2.24) is 14.6 Å². The van der Waals surface area contributed by atoms with E-state index in [1.807, 2.05) is 0 Å². The van der Waals surface area contributed by atoms with Gasteiger partial charge in [-0.25, -0.2) is 26.1 Å². The molecule has 0 spiro atoms. The van der Waals surface area contributed by atoms with Crippen molar-refractivity contribution in [3.8, 4) is 11.5 Å². The molecule has 3 aromatic rings. The van der Waals surface area contributed by atoms with Crippen LogP contribution in [0.5, 0.6) is 11.5 Å². The van der Waals surface area contributed by atoms with Crippen LogP contribution in [-0.2, 0) is 64.8 Å². The standard InChI is InChI=1S/C43H53BrN4O10S2/c44-28-38(49)45-13-5-19-55-21-23-57-24-22-56-20-6-14-46-59(50,51)31-11-12-32(37(27-31)60(52,53)54)39-35-25-29-7-1-15-47-17-3-9-33(40(29)47)42(35)58-43-34-10-4-18-48-16-2-8-30(41(34)48)26-36(39)43/h11-12,25-27,46H,1-10,13-24,28H2,(H-,45,49,52,53,54). The van der Waals surface area contributed by atoms with Crippen LogP contribution in [0.2, 0.25) is 0 Å². The number of ether oxygens (including phenoxy) is 4. The Morgan fingerprint density at radius 3 is 2.18 bits per heavy atom. The summed E-state index contributed by atoms with van der Waals surface area (Å²) in [4.78, 5) is 12.8. The molecule has 8 rings (SSSR count). The number of hydrogen-bond acceptors (Lipinski definition) is 11. The van der Waals surface area contributed by atoms with Crippen molar-refractivity contribution in [3.05, 3.63) is 74.3 Å². The van der Waals surface area contributed by atoms with E-state index in [-0.39, 0.29) is 34.8 Å². The number of nitrogens with one attached hydrogen (secondary N) is 2. The smallest absolute Gasteiger partial charge is 0.240 e. The number of aryl methyl sites for hydroxylation is 2.